The second-order valence-electron chi connectivity index (χ2n) is 4.80. The van der Waals surface area contributed by atoms with Crippen LogP contribution < -0.4 is 5.32 Å². The molecule has 1 N–H and O–H groups in total. The molecule has 20 heavy (non-hydrogen) atoms. The minimum Gasteiger partial charge on any atom is -0.375 e. The SMILES string of the molecule is CNC(Cc1cccc(Br)c1)C(OC)c1ccccc1. The van der Waals surface area contributed by atoms with E-state index < -0.39 is 0 Å². The number of halogens is 1. The van der Waals surface area contributed by atoms with E-state index in [0.717, 1.165) is 10.9 Å². The fourth-order valence-corrected chi connectivity index (χ4v) is 2.90. The quantitative estimate of drug-likeness (QED) is 0.863. The lowest BCUT2D eigenvalue weighted by Gasteiger charge is -2.26. The Morgan fingerprint density at radius 2 is 1.85 bits per heavy atom. The van der Waals surface area contributed by atoms with Crippen LogP contribution in [0.5, 0.6) is 0 Å². The lowest BCUT2D eigenvalue weighted by Crippen LogP contribution is -2.35. The number of ether oxygens (including phenoxy) is 1. The van der Waals surface area contributed by atoms with Gasteiger partial charge in [0.1, 0.15) is 0 Å². The topological polar surface area (TPSA) is 21.3 Å². The zero-order chi connectivity index (χ0) is 14.4. The Morgan fingerprint density at radius 3 is 2.45 bits per heavy atom. The van der Waals surface area contributed by atoms with Crippen molar-refractivity contribution in [3.63, 3.8) is 0 Å². The van der Waals surface area contributed by atoms with Gasteiger partial charge in [0.15, 0.2) is 0 Å². The van der Waals surface area contributed by atoms with Crippen LogP contribution in [-0.4, -0.2) is 20.2 Å². The van der Waals surface area contributed by atoms with Crippen molar-refractivity contribution in [1.29, 1.82) is 0 Å². The van der Waals surface area contributed by atoms with Crippen LogP contribution in [0.1, 0.15) is 17.2 Å². The maximum absolute atomic E-state index is 5.72. The molecule has 2 aromatic carbocycles. The van der Waals surface area contributed by atoms with E-state index in [1.54, 1.807) is 7.11 Å². The van der Waals surface area contributed by atoms with Crippen molar-refractivity contribution in [2.75, 3.05) is 14.2 Å². The fourth-order valence-electron chi connectivity index (χ4n) is 2.45. The van der Waals surface area contributed by atoms with E-state index in [-0.39, 0.29) is 12.1 Å². The summed E-state index contributed by atoms with van der Waals surface area (Å²) in [5.41, 5.74) is 2.49. The minimum absolute atomic E-state index is 0.0418. The minimum atomic E-state index is 0.0418. The predicted octanol–water partition coefficient (Wildman–Crippen LogP) is 3.97. The van der Waals surface area contributed by atoms with Crippen LogP contribution in [-0.2, 0) is 11.2 Å². The van der Waals surface area contributed by atoms with Gasteiger partial charge in [0.2, 0.25) is 0 Å². The zero-order valence-electron chi connectivity index (χ0n) is 11.8. The van der Waals surface area contributed by atoms with Gasteiger partial charge in [-0.25, -0.2) is 0 Å². The lowest BCUT2D eigenvalue weighted by atomic mass is 9.96. The van der Waals surface area contributed by atoms with Gasteiger partial charge in [-0.05, 0) is 36.7 Å². The molecule has 2 unspecified atom stereocenters. The molecular formula is C17H20BrNO. The summed E-state index contributed by atoms with van der Waals surface area (Å²) in [5, 5.41) is 3.38. The fraction of sp³-hybridized carbons (Fsp3) is 0.294. The molecule has 2 rings (SSSR count). The van der Waals surface area contributed by atoms with Gasteiger partial charge in [-0.1, -0.05) is 58.4 Å². The monoisotopic (exact) mass is 333 g/mol. The Bertz CT molecular complexity index is 530. The summed E-state index contributed by atoms with van der Waals surface area (Å²) < 4.78 is 6.83. The average Bonchev–Trinajstić information content (AvgIpc) is 2.48. The molecule has 2 atom stereocenters. The average molecular weight is 334 g/mol. The highest BCUT2D eigenvalue weighted by atomic mass is 79.9. The smallest absolute Gasteiger partial charge is 0.0977 e. The summed E-state index contributed by atoms with van der Waals surface area (Å²) in [5.74, 6) is 0. The Morgan fingerprint density at radius 1 is 1.10 bits per heavy atom. The first-order valence-corrected chi connectivity index (χ1v) is 7.53. The third-order valence-corrected chi connectivity index (χ3v) is 3.96. The second kappa shape index (κ2) is 7.58. The van der Waals surface area contributed by atoms with Gasteiger partial charge in [0, 0.05) is 17.6 Å². The molecule has 3 heteroatoms. The molecule has 0 spiro atoms. The predicted molar refractivity (Wildman–Crippen MR) is 86.9 cm³/mol. The Labute approximate surface area is 129 Å². The Balaban J connectivity index is 2.18. The van der Waals surface area contributed by atoms with E-state index in [1.807, 2.05) is 31.3 Å². The second-order valence-corrected chi connectivity index (χ2v) is 5.71. The molecule has 2 nitrogen and oxygen atoms in total. The number of rotatable bonds is 6. The van der Waals surface area contributed by atoms with Gasteiger partial charge in [-0.3, -0.25) is 0 Å². The van der Waals surface area contributed by atoms with E-state index in [4.69, 9.17) is 4.74 Å². The lowest BCUT2D eigenvalue weighted by molar-refractivity contribution is 0.0704. The molecule has 0 fully saturated rings. The summed E-state index contributed by atoms with van der Waals surface area (Å²) in [6.07, 6.45) is 0.962. The van der Waals surface area contributed by atoms with Crippen molar-refractivity contribution in [3.8, 4) is 0 Å². The molecular weight excluding hydrogens is 314 g/mol. The molecule has 106 valence electrons. The van der Waals surface area contributed by atoms with E-state index in [2.05, 4.69) is 51.6 Å². The van der Waals surface area contributed by atoms with Gasteiger partial charge in [0.25, 0.3) is 0 Å². The van der Waals surface area contributed by atoms with Crippen LogP contribution in [0.25, 0.3) is 0 Å². The van der Waals surface area contributed by atoms with Crippen LogP contribution >= 0.6 is 15.9 Å². The van der Waals surface area contributed by atoms with Crippen LogP contribution in [0.2, 0.25) is 0 Å². The van der Waals surface area contributed by atoms with Crippen LogP contribution in [0.4, 0.5) is 0 Å². The maximum atomic E-state index is 5.72. The van der Waals surface area contributed by atoms with Crippen LogP contribution in [0.15, 0.2) is 59.1 Å². The van der Waals surface area contributed by atoms with Gasteiger partial charge in [0.05, 0.1) is 6.10 Å². The molecule has 2 aromatic rings. The first-order valence-electron chi connectivity index (χ1n) is 6.74. The van der Waals surface area contributed by atoms with Gasteiger partial charge in [-0.15, -0.1) is 0 Å². The van der Waals surface area contributed by atoms with Gasteiger partial charge < -0.3 is 10.1 Å². The molecule has 0 bridgehead atoms. The van der Waals surface area contributed by atoms with Crippen LogP contribution in [0.3, 0.4) is 0 Å². The third-order valence-electron chi connectivity index (χ3n) is 3.46. The highest BCUT2D eigenvalue weighted by Gasteiger charge is 2.21. The normalized spacial score (nSPS) is 13.9. The van der Waals surface area contributed by atoms with E-state index >= 15 is 0 Å². The summed E-state index contributed by atoms with van der Waals surface area (Å²) in [4.78, 5) is 0. The van der Waals surface area contributed by atoms with E-state index in [9.17, 15) is 0 Å². The zero-order valence-corrected chi connectivity index (χ0v) is 13.4. The van der Waals surface area contributed by atoms with Crippen molar-refractivity contribution >= 4 is 15.9 Å². The van der Waals surface area contributed by atoms with Crippen molar-refractivity contribution < 1.29 is 4.74 Å². The number of hydrogen-bond acceptors (Lipinski definition) is 2. The molecule has 0 aliphatic heterocycles. The molecule has 0 saturated heterocycles. The van der Waals surface area contributed by atoms with Crippen molar-refractivity contribution in [3.05, 3.63) is 70.2 Å². The van der Waals surface area contributed by atoms with Gasteiger partial charge in [-0.2, -0.15) is 0 Å². The summed E-state index contributed by atoms with van der Waals surface area (Å²) in [6, 6.07) is 19.0. The molecule has 0 heterocycles. The largest absolute Gasteiger partial charge is 0.375 e. The number of likely N-dealkylation sites (N-methyl/N-ethyl adjacent to an activating group) is 1. The summed E-state index contributed by atoms with van der Waals surface area (Å²) in [6.45, 7) is 0. The first-order chi connectivity index (χ1) is 9.74. The molecule has 0 radical (unpaired) electrons. The van der Waals surface area contributed by atoms with E-state index in [1.165, 1.54) is 11.1 Å². The number of methoxy groups -OCH3 is 1. The summed E-state index contributed by atoms with van der Waals surface area (Å²) >= 11 is 3.52. The molecule has 0 aromatic heterocycles. The van der Waals surface area contributed by atoms with Crippen molar-refractivity contribution in [1.82, 2.24) is 5.32 Å². The number of hydrogen-bond donors (Lipinski definition) is 1. The molecule has 0 aliphatic carbocycles. The molecule has 0 saturated carbocycles. The molecule has 0 aliphatic rings. The number of benzene rings is 2. The van der Waals surface area contributed by atoms with Crippen molar-refractivity contribution in [2.24, 2.45) is 0 Å². The Hall–Kier alpha value is -1.16. The van der Waals surface area contributed by atoms with Crippen LogP contribution in [0, 0.1) is 0 Å². The Kier molecular flexibility index (Phi) is 5.77. The van der Waals surface area contributed by atoms with Gasteiger partial charge >= 0.3 is 0 Å². The maximum Gasteiger partial charge on any atom is 0.0977 e. The van der Waals surface area contributed by atoms with Crippen molar-refractivity contribution in [2.45, 2.75) is 18.6 Å². The highest BCUT2D eigenvalue weighted by Crippen LogP contribution is 2.23. The third kappa shape index (κ3) is 3.92. The molecule has 0 amide bonds. The number of nitrogens with one attached hydrogen (secondary N) is 1. The standard InChI is InChI=1S/C17H20BrNO/c1-19-16(12-13-7-6-10-15(18)11-13)17(20-2)14-8-4-3-5-9-14/h3-11,16-17,19H,12H2,1-2H3. The highest BCUT2D eigenvalue weighted by molar-refractivity contribution is 9.10. The first kappa shape index (κ1) is 15.2. The van der Waals surface area contributed by atoms with E-state index in [0.29, 0.717) is 0 Å². The summed E-state index contributed by atoms with van der Waals surface area (Å²) in [7, 11) is 3.75.